The number of hydrogen-bond acceptors (Lipinski definition) is 6. The smallest absolute Gasteiger partial charge is 0.134 e. The summed E-state index contributed by atoms with van der Waals surface area (Å²) in [5, 5.41) is 15.4. The van der Waals surface area contributed by atoms with Gasteiger partial charge in [-0.2, -0.15) is 5.10 Å². The average Bonchev–Trinajstić information content (AvgIpc) is 3.15. The fourth-order valence-electron chi connectivity index (χ4n) is 3.97. The van der Waals surface area contributed by atoms with Crippen molar-refractivity contribution in [1.29, 1.82) is 0 Å². The number of hydrogen-bond donors (Lipinski definition) is 1. The summed E-state index contributed by atoms with van der Waals surface area (Å²) in [7, 11) is 0. The van der Waals surface area contributed by atoms with Crippen molar-refractivity contribution in [3.05, 3.63) is 77.9 Å². The first-order valence-electron chi connectivity index (χ1n) is 11.6. The van der Waals surface area contributed by atoms with E-state index < -0.39 is 5.60 Å². The molecule has 1 atom stereocenters. The molecule has 0 saturated carbocycles. The van der Waals surface area contributed by atoms with E-state index in [4.69, 9.17) is 14.2 Å². The van der Waals surface area contributed by atoms with Crippen LogP contribution in [0.3, 0.4) is 0 Å². The molecule has 1 saturated heterocycles. The SMILES string of the molecule is Cc1cnn(CCCOc2cccc(CN3CCOC[C@@](O)(COc4ccc(F)cc4)C3)c2)c1. The van der Waals surface area contributed by atoms with Gasteiger partial charge in [-0.25, -0.2) is 4.39 Å². The zero-order valence-electron chi connectivity index (χ0n) is 19.5. The molecule has 3 aromatic rings. The number of halogens is 1. The summed E-state index contributed by atoms with van der Waals surface area (Å²) in [5.41, 5.74) is 1.09. The topological polar surface area (TPSA) is 69.0 Å². The van der Waals surface area contributed by atoms with Crippen LogP contribution >= 0.6 is 0 Å². The van der Waals surface area contributed by atoms with Gasteiger partial charge in [-0.05, 0) is 54.4 Å². The molecule has 2 aromatic carbocycles. The average molecular weight is 470 g/mol. The maximum atomic E-state index is 13.1. The molecule has 182 valence electrons. The maximum absolute atomic E-state index is 13.1. The third-order valence-electron chi connectivity index (χ3n) is 5.63. The third kappa shape index (κ3) is 7.28. The largest absolute Gasteiger partial charge is 0.494 e. The second-order valence-corrected chi connectivity index (χ2v) is 8.86. The van der Waals surface area contributed by atoms with Crippen molar-refractivity contribution in [2.24, 2.45) is 0 Å². The van der Waals surface area contributed by atoms with Crippen molar-refractivity contribution in [1.82, 2.24) is 14.7 Å². The van der Waals surface area contributed by atoms with Gasteiger partial charge in [-0.1, -0.05) is 12.1 Å². The lowest BCUT2D eigenvalue weighted by atomic mass is 10.1. The van der Waals surface area contributed by atoms with Gasteiger partial charge in [-0.3, -0.25) is 9.58 Å². The minimum absolute atomic E-state index is 0.0636. The van der Waals surface area contributed by atoms with Gasteiger partial charge in [0.1, 0.15) is 29.5 Å². The highest BCUT2D eigenvalue weighted by Crippen LogP contribution is 2.20. The van der Waals surface area contributed by atoms with E-state index in [0.717, 1.165) is 29.8 Å². The van der Waals surface area contributed by atoms with Crippen LogP contribution in [0.1, 0.15) is 17.5 Å². The number of nitrogens with zero attached hydrogens (tertiary/aromatic N) is 3. The molecule has 4 rings (SSSR count). The zero-order chi connectivity index (χ0) is 23.8. The summed E-state index contributed by atoms with van der Waals surface area (Å²) in [6.45, 7) is 6.00. The van der Waals surface area contributed by atoms with Gasteiger partial charge in [-0.15, -0.1) is 0 Å². The fraction of sp³-hybridized carbons (Fsp3) is 0.423. The maximum Gasteiger partial charge on any atom is 0.134 e. The summed E-state index contributed by atoms with van der Waals surface area (Å²) in [6, 6.07) is 13.8. The van der Waals surface area contributed by atoms with Crippen LogP contribution in [0.4, 0.5) is 4.39 Å². The van der Waals surface area contributed by atoms with Gasteiger partial charge >= 0.3 is 0 Å². The Morgan fingerprint density at radius 3 is 2.79 bits per heavy atom. The van der Waals surface area contributed by atoms with E-state index in [9.17, 15) is 9.50 Å². The highest BCUT2D eigenvalue weighted by molar-refractivity contribution is 5.28. The lowest BCUT2D eigenvalue weighted by Crippen LogP contribution is -2.48. The summed E-state index contributed by atoms with van der Waals surface area (Å²) >= 11 is 0. The monoisotopic (exact) mass is 469 g/mol. The standard InChI is InChI=1S/C26H32FN3O4/c1-21-15-28-30(16-21)10-3-12-33-25-5-2-4-22(14-25)17-29-11-13-32-19-26(31,18-29)20-34-24-8-6-23(27)7-9-24/h2,4-9,14-16,31H,3,10-13,17-20H2,1H3/t26-/m1/s1. The van der Waals surface area contributed by atoms with Gasteiger partial charge in [0.2, 0.25) is 0 Å². The highest BCUT2D eigenvalue weighted by atomic mass is 19.1. The van der Waals surface area contributed by atoms with E-state index in [1.54, 1.807) is 12.1 Å². The van der Waals surface area contributed by atoms with E-state index >= 15 is 0 Å². The first kappa shape index (κ1) is 24.2. The molecule has 0 aliphatic carbocycles. The number of rotatable bonds is 10. The van der Waals surface area contributed by atoms with Gasteiger partial charge in [0.25, 0.3) is 0 Å². The molecule has 8 heteroatoms. The van der Waals surface area contributed by atoms with E-state index in [0.29, 0.717) is 38.6 Å². The molecule has 7 nitrogen and oxygen atoms in total. The van der Waals surface area contributed by atoms with Gasteiger partial charge in [0, 0.05) is 38.8 Å². The molecule has 1 N–H and O–H groups in total. The van der Waals surface area contributed by atoms with E-state index in [1.807, 2.05) is 42.2 Å². The molecular weight excluding hydrogens is 437 g/mol. The fourth-order valence-corrected chi connectivity index (χ4v) is 3.97. The number of aromatic nitrogens is 2. The first-order valence-corrected chi connectivity index (χ1v) is 11.6. The van der Waals surface area contributed by atoms with Crippen LogP contribution < -0.4 is 9.47 Å². The van der Waals surface area contributed by atoms with Crippen LogP contribution in [0, 0.1) is 12.7 Å². The summed E-state index contributed by atoms with van der Waals surface area (Å²) in [4.78, 5) is 2.15. The van der Waals surface area contributed by atoms with Crippen molar-refractivity contribution < 1.29 is 23.7 Å². The lowest BCUT2D eigenvalue weighted by molar-refractivity contribution is -0.0646. The second kappa shape index (κ2) is 11.5. The van der Waals surface area contributed by atoms with E-state index in [-0.39, 0.29) is 19.0 Å². The molecule has 1 fully saturated rings. The zero-order valence-corrected chi connectivity index (χ0v) is 19.5. The molecular formula is C26H32FN3O4. The molecule has 0 amide bonds. The predicted molar refractivity (Wildman–Crippen MR) is 126 cm³/mol. The van der Waals surface area contributed by atoms with Crippen LogP contribution in [0.2, 0.25) is 0 Å². The van der Waals surface area contributed by atoms with Crippen molar-refractivity contribution >= 4 is 0 Å². The molecule has 1 aromatic heterocycles. The number of β-amino-alcohol motifs (C(OH)–C–C–N with tert-alkyl or cyclic N) is 1. The van der Waals surface area contributed by atoms with Crippen molar-refractivity contribution in [2.75, 3.05) is 39.5 Å². The minimum Gasteiger partial charge on any atom is -0.494 e. The summed E-state index contributed by atoms with van der Waals surface area (Å²) in [5.74, 6) is 1.02. The first-order chi connectivity index (χ1) is 16.5. The Bertz CT molecular complexity index is 1040. The molecule has 0 radical (unpaired) electrons. The quantitative estimate of drug-likeness (QED) is 0.459. The van der Waals surface area contributed by atoms with Crippen molar-refractivity contribution in [3.63, 3.8) is 0 Å². The summed E-state index contributed by atoms with van der Waals surface area (Å²) < 4.78 is 32.3. The molecule has 0 spiro atoms. The molecule has 1 aliphatic rings. The Kier molecular flexibility index (Phi) is 8.16. The number of aryl methyl sites for hydroxylation is 2. The molecule has 1 aliphatic heterocycles. The second-order valence-electron chi connectivity index (χ2n) is 8.86. The van der Waals surface area contributed by atoms with Crippen LogP contribution in [0.5, 0.6) is 11.5 Å². The Balaban J connectivity index is 1.28. The van der Waals surface area contributed by atoms with E-state index in [2.05, 4.69) is 16.1 Å². The van der Waals surface area contributed by atoms with Crippen LogP contribution in [0.25, 0.3) is 0 Å². The van der Waals surface area contributed by atoms with Crippen LogP contribution in [-0.4, -0.2) is 64.9 Å². The summed E-state index contributed by atoms with van der Waals surface area (Å²) in [6.07, 6.45) is 4.75. The van der Waals surface area contributed by atoms with Gasteiger partial charge < -0.3 is 19.3 Å². The molecule has 2 heterocycles. The Hall–Kier alpha value is -2.94. The third-order valence-corrected chi connectivity index (χ3v) is 5.63. The lowest BCUT2D eigenvalue weighted by Gasteiger charge is -2.30. The van der Waals surface area contributed by atoms with Crippen molar-refractivity contribution in [3.8, 4) is 11.5 Å². The predicted octanol–water partition coefficient (Wildman–Crippen LogP) is 3.44. The molecule has 34 heavy (non-hydrogen) atoms. The molecule has 0 bridgehead atoms. The Morgan fingerprint density at radius 2 is 2.00 bits per heavy atom. The van der Waals surface area contributed by atoms with Gasteiger partial charge in [0.15, 0.2) is 0 Å². The number of benzene rings is 2. The Labute approximate surface area is 199 Å². The molecule has 0 unspecified atom stereocenters. The highest BCUT2D eigenvalue weighted by Gasteiger charge is 2.33. The number of aliphatic hydroxyl groups is 1. The number of ether oxygens (including phenoxy) is 3. The minimum atomic E-state index is -1.16. The van der Waals surface area contributed by atoms with E-state index in [1.165, 1.54) is 12.1 Å². The van der Waals surface area contributed by atoms with Crippen LogP contribution in [0.15, 0.2) is 60.9 Å². The van der Waals surface area contributed by atoms with Crippen LogP contribution in [-0.2, 0) is 17.8 Å². The normalized spacial score (nSPS) is 19.0. The van der Waals surface area contributed by atoms with Crippen molar-refractivity contribution in [2.45, 2.75) is 32.0 Å². The van der Waals surface area contributed by atoms with Gasteiger partial charge in [0.05, 0.1) is 26.0 Å². The Morgan fingerprint density at radius 1 is 1.15 bits per heavy atom.